The summed E-state index contributed by atoms with van der Waals surface area (Å²) < 4.78 is 30.5. The van der Waals surface area contributed by atoms with Crippen LogP contribution in [-0.4, -0.2) is 60.4 Å². The monoisotopic (exact) mass is 869 g/mol. The summed E-state index contributed by atoms with van der Waals surface area (Å²) in [5.74, 6) is 2.37. The van der Waals surface area contributed by atoms with Crippen molar-refractivity contribution in [1.29, 1.82) is 5.26 Å². The molecule has 8 nitrogen and oxygen atoms in total. The van der Waals surface area contributed by atoms with Gasteiger partial charge in [0.2, 0.25) is 0 Å². The van der Waals surface area contributed by atoms with Crippen molar-refractivity contribution in [1.82, 2.24) is 5.32 Å². The van der Waals surface area contributed by atoms with Crippen LogP contribution in [0.25, 0.3) is 0 Å². The number of nitrogens with one attached hydrogen (secondary N) is 1. The largest absolute Gasteiger partial charge is 0.491 e. The van der Waals surface area contributed by atoms with Crippen LogP contribution in [0, 0.1) is 68.0 Å². The highest BCUT2D eigenvalue weighted by atomic mass is 32.2. The summed E-state index contributed by atoms with van der Waals surface area (Å²) in [6, 6.07) is 9.22. The third-order valence-corrected chi connectivity index (χ3v) is 21.8. The van der Waals surface area contributed by atoms with Gasteiger partial charge in [0.1, 0.15) is 33.7 Å². The highest BCUT2D eigenvalue weighted by molar-refractivity contribution is 7.91. The lowest BCUT2D eigenvalue weighted by Gasteiger charge is -2.72. The van der Waals surface area contributed by atoms with Crippen molar-refractivity contribution >= 4 is 15.8 Å². The highest BCUT2D eigenvalue weighted by Gasteiger charge is 2.70. The van der Waals surface area contributed by atoms with E-state index in [1.54, 1.807) is 18.2 Å². The number of benzene rings is 1. The molecule has 1 aromatic carbocycles. The van der Waals surface area contributed by atoms with Crippen LogP contribution in [0.5, 0.6) is 5.75 Å². The zero-order valence-electron chi connectivity index (χ0n) is 39.0. The maximum absolute atomic E-state index is 12.8. The van der Waals surface area contributed by atoms with Gasteiger partial charge in [0.15, 0.2) is 0 Å². The lowest BCUT2D eigenvalue weighted by Crippen LogP contribution is -2.68. The number of aliphatic hydroxyl groups is 1. The van der Waals surface area contributed by atoms with Crippen molar-refractivity contribution in [3.63, 3.8) is 0 Å². The van der Waals surface area contributed by atoms with Crippen molar-refractivity contribution < 1.29 is 28.2 Å². The van der Waals surface area contributed by atoms with Gasteiger partial charge in [-0.05, 0) is 197 Å². The van der Waals surface area contributed by atoms with E-state index in [4.69, 9.17) is 4.74 Å². The van der Waals surface area contributed by atoms with E-state index in [-0.39, 0.29) is 39.1 Å². The molecular weight excluding hydrogens is 793 g/mol. The number of carboxylic acids is 1. The van der Waals surface area contributed by atoms with E-state index in [0.717, 1.165) is 25.8 Å². The van der Waals surface area contributed by atoms with E-state index in [1.807, 2.05) is 6.07 Å². The average Bonchev–Trinajstić information content (AvgIpc) is 3.60. The number of sulfone groups is 1. The molecule has 0 bridgehead atoms. The fourth-order valence-electron chi connectivity index (χ4n) is 16.4. The molecule has 0 aromatic heterocycles. The zero-order valence-corrected chi connectivity index (χ0v) is 39.8. The summed E-state index contributed by atoms with van der Waals surface area (Å²) in [5.41, 5.74) is 3.23. The molecule has 0 radical (unpaired) electrons. The third-order valence-electron chi connectivity index (χ3n) is 20.1. The van der Waals surface area contributed by atoms with Crippen molar-refractivity contribution in [3.8, 4) is 11.8 Å². The maximum Gasteiger partial charge on any atom is 0.313 e. The number of nitriles is 1. The standard InChI is InChI=1S/C53H76N2O6S/c1-35(2)39-19-28-53(55-32-31-52(58)26-17-38(18-27-52)62(8,59)60)30-29-49(6)41(45(39)53)13-14-44-48(5)22-20-40(47(3,4)43(48)21-23-50(44,49)7)36-15-24-51(25-16-36,46(56)57)34-61-42-12-10-9-11-37(42)33-54/h9-12,15,20,38-39,41,43-45,55,58H,1,13-14,16-19,21-32,34H2,2-8H3,(H,56,57)/t38?,39-,41+,43-,44+,45+,48-,49+,50+,51+,52?,53-/m0/s1. The Labute approximate surface area is 373 Å². The van der Waals surface area contributed by atoms with E-state index in [0.29, 0.717) is 92.3 Å². The number of fused-ring (bicyclic) bond motifs is 7. The molecular formula is C53H76N2O6S. The first-order valence-electron chi connectivity index (χ1n) is 24.2. The van der Waals surface area contributed by atoms with Crippen LogP contribution in [0.15, 0.2) is 59.7 Å². The van der Waals surface area contributed by atoms with Crippen molar-refractivity contribution in [3.05, 3.63) is 65.3 Å². The molecule has 0 heterocycles. The minimum Gasteiger partial charge on any atom is -0.491 e. The average molecular weight is 869 g/mol. The number of allylic oxidation sites excluding steroid dienone is 5. The molecule has 0 unspecified atom stereocenters. The van der Waals surface area contributed by atoms with Gasteiger partial charge in [-0.1, -0.05) is 71.1 Å². The van der Waals surface area contributed by atoms with Gasteiger partial charge in [-0.15, -0.1) is 0 Å². The Kier molecular flexibility index (Phi) is 11.7. The molecule has 7 aliphatic rings. The normalized spacial score (nSPS) is 42.4. The second-order valence-electron chi connectivity index (χ2n) is 23.2. The fraction of sp³-hybridized carbons (Fsp3) is 0.736. The predicted molar refractivity (Wildman–Crippen MR) is 246 cm³/mol. The van der Waals surface area contributed by atoms with Gasteiger partial charge < -0.3 is 20.3 Å². The van der Waals surface area contributed by atoms with Crippen LogP contribution in [0.4, 0.5) is 0 Å². The lowest BCUT2D eigenvalue weighted by atomic mass is 9.33. The number of hydrogen-bond acceptors (Lipinski definition) is 7. The van der Waals surface area contributed by atoms with Gasteiger partial charge >= 0.3 is 5.97 Å². The number of aliphatic carboxylic acids is 1. The Bertz CT molecular complexity index is 2160. The highest BCUT2D eigenvalue weighted by Crippen LogP contribution is 2.76. The molecule has 7 aliphatic carbocycles. The first kappa shape index (κ1) is 45.6. The summed E-state index contributed by atoms with van der Waals surface area (Å²) >= 11 is 0. The topological polar surface area (TPSA) is 137 Å². The lowest BCUT2D eigenvalue weighted by molar-refractivity contribution is -0.221. The summed E-state index contributed by atoms with van der Waals surface area (Å²) in [5, 5.41) is 35.6. The van der Waals surface area contributed by atoms with E-state index < -0.39 is 26.8 Å². The van der Waals surface area contributed by atoms with Gasteiger partial charge in [-0.3, -0.25) is 4.79 Å². The number of para-hydroxylation sites is 1. The number of carboxylic acid groups (broad SMARTS) is 1. The number of nitrogens with zero attached hydrogens (tertiary/aromatic N) is 1. The zero-order chi connectivity index (χ0) is 44.7. The molecule has 5 fully saturated rings. The van der Waals surface area contributed by atoms with E-state index >= 15 is 0 Å². The fourth-order valence-corrected chi connectivity index (χ4v) is 17.5. The molecule has 0 saturated heterocycles. The second kappa shape index (κ2) is 15.9. The minimum atomic E-state index is -3.08. The molecule has 340 valence electrons. The summed E-state index contributed by atoms with van der Waals surface area (Å²) in [6.07, 6.45) is 21.3. The first-order chi connectivity index (χ1) is 29.1. The Morgan fingerprint density at radius 2 is 1.63 bits per heavy atom. The molecule has 8 rings (SSSR count). The Hall–Kier alpha value is -2.93. The van der Waals surface area contributed by atoms with Gasteiger partial charge in [0, 0.05) is 11.8 Å². The van der Waals surface area contributed by atoms with Crippen LogP contribution >= 0.6 is 0 Å². The Morgan fingerprint density at radius 1 is 0.903 bits per heavy atom. The number of ether oxygens (including phenoxy) is 1. The van der Waals surface area contributed by atoms with Crippen LogP contribution in [-0.2, 0) is 14.6 Å². The van der Waals surface area contributed by atoms with Gasteiger partial charge in [0.25, 0.3) is 0 Å². The van der Waals surface area contributed by atoms with Crippen LogP contribution in [0.2, 0.25) is 0 Å². The Balaban J connectivity index is 0.998. The van der Waals surface area contributed by atoms with Crippen molar-refractivity contribution in [2.75, 3.05) is 19.4 Å². The maximum atomic E-state index is 12.8. The summed E-state index contributed by atoms with van der Waals surface area (Å²) in [6.45, 7) is 20.6. The first-order valence-corrected chi connectivity index (χ1v) is 26.1. The van der Waals surface area contributed by atoms with Gasteiger partial charge in [-0.25, -0.2) is 8.42 Å². The van der Waals surface area contributed by atoms with Gasteiger partial charge in [-0.2, -0.15) is 5.26 Å². The van der Waals surface area contributed by atoms with E-state index in [1.165, 1.54) is 61.5 Å². The van der Waals surface area contributed by atoms with Crippen LogP contribution in [0.1, 0.15) is 156 Å². The molecule has 3 N–H and O–H groups in total. The number of carbonyl (C=O) groups is 1. The predicted octanol–water partition coefficient (Wildman–Crippen LogP) is 10.8. The summed E-state index contributed by atoms with van der Waals surface area (Å²) in [7, 11) is -3.08. The second-order valence-corrected chi connectivity index (χ2v) is 25.6. The van der Waals surface area contributed by atoms with Crippen molar-refractivity contribution in [2.45, 2.75) is 167 Å². The SMILES string of the molecule is C=C(C)[C@@H]1CC[C@]2(NCCC3(O)CCC(S(C)(=O)=O)CC3)CC[C@]3(C)[C@H](CC[C@@H]4[C@@]5(C)CC=C(C6=CC[C@@](COc7ccccc7C#N)(C(=O)O)CC6)C(C)(C)[C@@H]5CC[C@]43C)[C@@H]12. The third kappa shape index (κ3) is 7.27. The molecule has 9 heteroatoms. The van der Waals surface area contributed by atoms with Crippen LogP contribution < -0.4 is 10.1 Å². The molecule has 5 saturated carbocycles. The Morgan fingerprint density at radius 3 is 2.27 bits per heavy atom. The molecule has 10 atom stereocenters. The van der Waals surface area contributed by atoms with Crippen molar-refractivity contribution in [2.24, 2.45) is 56.7 Å². The molecule has 62 heavy (non-hydrogen) atoms. The quantitative estimate of drug-likeness (QED) is 0.187. The molecule has 0 spiro atoms. The van der Waals surface area contributed by atoms with Gasteiger partial charge in [0.05, 0.1) is 16.4 Å². The smallest absolute Gasteiger partial charge is 0.313 e. The molecule has 0 amide bonds. The molecule has 1 aromatic rings. The van der Waals surface area contributed by atoms with E-state index in [9.17, 15) is 28.7 Å². The number of hydrogen-bond donors (Lipinski definition) is 3. The minimum absolute atomic E-state index is 0.0395. The summed E-state index contributed by atoms with van der Waals surface area (Å²) in [4.78, 5) is 12.8. The van der Waals surface area contributed by atoms with E-state index in [2.05, 4.69) is 71.7 Å². The molecule has 0 aliphatic heterocycles. The number of rotatable bonds is 11. The van der Waals surface area contributed by atoms with Crippen LogP contribution in [0.3, 0.4) is 0 Å².